The van der Waals surface area contributed by atoms with E-state index in [0.717, 1.165) is 4.47 Å². The first kappa shape index (κ1) is 11.9. The Hall–Kier alpha value is -2.21. The molecule has 6 heteroatoms. The summed E-state index contributed by atoms with van der Waals surface area (Å²) in [5, 5.41) is 13.6. The van der Waals surface area contributed by atoms with Gasteiger partial charge in [0, 0.05) is 10.7 Å². The molecule has 1 N–H and O–H groups in total. The molecule has 19 heavy (non-hydrogen) atoms. The molecule has 3 aromatic rings. The number of phenols is 1. The van der Waals surface area contributed by atoms with Crippen molar-refractivity contribution in [2.24, 2.45) is 0 Å². The Morgan fingerprint density at radius 1 is 1.11 bits per heavy atom. The Morgan fingerprint density at radius 2 is 1.95 bits per heavy atom. The fourth-order valence-corrected chi connectivity index (χ4v) is 1.83. The molecular weight excluding hydrogens is 310 g/mol. The summed E-state index contributed by atoms with van der Waals surface area (Å²) in [6.07, 6.45) is 1.66. The van der Waals surface area contributed by atoms with Crippen LogP contribution in [0.2, 0.25) is 0 Å². The molecule has 0 amide bonds. The topological polar surface area (TPSA) is 72.0 Å². The van der Waals surface area contributed by atoms with Gasteiger partial charge in [0.15, 0.2) is 0 Å². The molecule has 0 atom stereocenters. The number of hydrogen-bond donors (Lipinski definition) is 1. The van der Waals surface area contributed by atoms with Crippen molar-refractivity contribution in [2.75, 3.05) is 0 Å². The molecule has 94 valence electrons. The van der Waals surface area contributed by atoms with Crippen LogP contribution in [0.4, 0.5) is 0 Å². The molecule has 0 saturated carbocycles. The molecule has 0 aliphatic carbocycles. The Kier molecular flexibility index (Phi) is 3.00. The number of hydrogen-bond acceptors (Lipinski definition) is 5. The number of para-hydroxylation sites is 1. The highest BCUT2D eigenvalue weighted by Gasteiger charge is 2.13. The number of aromatic nitrogens is 3. The maximum atomic E-state index is 9.73. The molecule has 1 aromatic carbocycles. The van der Waals surface area contributed by atoms with Gasteiger partial charge in [0.1, 0.15) is 11.4 Å². The summed E-state index contributed by atoms with van der Waals surface area (Å²) < 4.78 is 6.02. The summed E-state index contributed by atoms with van der Waals surface area (Å²) in [5.74, 6) is 0.741. The third kappa shape index (κ3) is 2.34. The van der Waals surface area contributed by atoms with Crippen molar-refractivity contribution in [3.8, 4) is 28.7 Å². The van der Waals surface area contributed by atoms with Crippen LogP contribution in [0, 0.1) is 0 Å². The molecule has 0 unspecified atom stereocenters. The average Bonchev–Trinajstić information content (AvgIpc) is 2.89. The van der Waals surface area contributed by atoms with E-state index in [9.17, 15) is 5.11 Å². The van der Waals surface area contributed by atoms with E-state index in [0.29, 0.717) is 17.1 Å². The predicted octanol–water partition coefficient (Wildman–Crippen LogP) is 3.27. The SMILES string of the molecule is Oc1ccccc1-c1nc(-c2ccc(Br)cn2)no1. The largest absolute Gasteiger partial charge is 0.507 e. The fraction of sp³-hybridized carbons (Fsp3) is 0. The number of pyridine rings is 1. The Balaban J connectivity index is 2.00. The van der Waals surface area contributed by atoms with E-state index < -0.39 is 0 Å². The quantitative estimate of drug-likeness (QED) is 0.785. The van der Waals surface area contributed by atoms with Gasteiger partial charge in [-0.3, -0.25) is 4.98 Å². The van der Waals surface area contributed by atoms with Crippen LogP contribution in [0.15, 0.2) is 51.6 Å². The van der Waals surface area contributed by atoms with Gasteiger partial charge in [-0.05, 0) is 40.2 Å². The first-order valence-electron chi connectivity index (χ1n) is 5.48. The lowest BCUT2D eigenvalue weighted by atomic mass is 10.2. The van der Waals surface area contributed by atoms with Crippen molar-refractivity contribution in [2.45, 2.75) is 0 Å². The normalized spacial score (nSPS) is 10.6. The van der Waals surface area contributed by atoms with Crippen molar-refractivity contribution >= 4 is 15.9 Å². The van der Waals surface area contributed by atoms with Gasteiger partial charge in [0.2, 0.25) is 5.82 Å². The number of nitrogens with zero attached hydrogens (tertiary/aromatic N) is 3. The second-order valence-electron chi connectivity index (χ2n) is 3.80. The van der Waals surface area contributed by atoms with E-state index in [4.69, 9.17) is 4.52 Å². The first-order valence-corrected chi connectivity index (χ1v) is 6.27. The third-order valence-electron chi connectivity index (χ3n) is 2.52. The average molecular weight is 318 g/mol. The highest BCUT2D eigenvalue weighted by Crippen LogP contribution is 2.28. The Bertz CT molecular complexity index is 710. The first-order chi connectivity index (χ1) is 9.24. The molecule has 0 bridgehead atoms. The number of phenolic OH excluding ortho intramolecular Hbond substituents is 1. The van der Waals surface area contributed by atoms with Gasteiger partial charge in [-0.25, -0.2) is 0 Å². The van der Waals surface area contributed by atoms with Crippen molar-refractivity contribution in [1.29, 1.82) is 0 Å². The van der Waals surface area contributed by atoms with Crippen molar-refractivity contribution < 1.29 is 9.63 Å². The lowest BCUT2D eigenvalue weighted by molar-refractivity contribution is 0.425. The number of halogens is 1. The summed E-state index contributed by atoms with van der Waals surface area (Å²) in [6, 6.07) is 10.4. The highest BCUT2D eigenvalue weighted by molar-refractivity contribution is 9.10. The Labute approximate surface area is 117 Å². The van der Waals surface area contributed by atoms with Gasteiger partial charge >= 0.3 is 0 Å². The molecule has 0 saturated heterocycles. The molecule has 2 aromatic heterocycles. The second kappa shape index (κ2) is 4.81. The van der Waals surface area contributed by atoms with E-state index in [1.54, 1.807) is 36.5 Å². The van der Waals surface area contributed by atoms with E-state index in [-0.39, 0.29) is 11.6 Å². The zero-order valence-electron chi connectivity index (χ0n) is 9.62. The number of aromatic hydroxyl groups is 1. The standard InChI is InChI=1S/C13H8BrN3O2/c14-8-5-6-10(15-7-8)12-16-13(19-17-12)9-3-1-2-4-11(9)18/h1-7,18H. The number of benzene rings is 1. The summed E-state index contributed by atoms with van der Waals surface area (Å²) in [4.78, 5) is 8.41. The van der Waals surface area contributed by atoms with Crippen LogP contribution in [0.3, 0.4) is 0 Å². The van der Waals surface area contributed by atoms with Crippen LogP contribution in [-0.2, 0) is 0 Å². The number of rotatable bonds is 2. The molecule has 3 rings (SSSR count). The highest BCUT2D eigenvalue weighted by atomic mass is 79.9. The van der Waals surface area contributed by atoms with Crippen LogP contribution in [0.1, 0.15) is 0 Å². The maximum absolute atomic E-state index is 9.73. The lowest BCUT2D eigenvalue weighted by Crippen LogP contribution is -1.85. The smallest absolute Gasteiger partial charge is 0.262 e. The van der Waals surface area contributed by atoms with Crippen LogP contribution >= 0.6 is 15.9 Å². The second-order valence-corrected chi connectivity index (χ2v) is 4.72. The third-order valence-corrected chi connectivity index (χ3v) is 2.99. The van der Waals surface area contributed by atoms with Crippen molar-refractivity contribution in [1.82, 2.24) is 15.1 Å². The molecule has 0 aliphatic rings. The van der Waals surface area contributed by atoms with Crippen molar-refractivity contribution in [3.05, 3.63) is 47.1 Å². The monoisotopic (exact) mass is 317 g/mol. The van der Waals surface area contributed by atoms with E-state index >= 15 is 0 Å². The summed E-state index contributed by atoms with van der Waals surface area (Å²) in [6.45, 7) is 0. The van der Waals surface area contributed by atoms with Crippen molar-refractivity contribution in [3.63, 3.8) is 0 Å². The summed E-state index contributed by atoms with van der Waals surface area (Å²) in [5.41, 5.74) is 1.10. The van der Waals surface area contributed by atoms with Gasteiger partial charge in [-0.15, -0.1) is 0 Å². The predicted molar refractivity (Wildman–Crippen MR) is 72.3 cm³/mol. The van der Waals surface area contributed by atoms with E-state index in [1.807, 2.05) is 6.07 Å². The zero-order chi connectivity index (χ0) is 13.2. The van der Waals surface area contributed by atoms with Crippen LogP contribution in [0.25, 0.3) is 23.0 Å². The minimum atomic E-state index is 0.0986. The van der Waals surface area contributed by atoms with Gasteiger partial charge in [0.05, 0.1) is 5.56 Å². The van der Waals surface area contributed by atoms with Crippen LogP contribution in [0.5, 0.6) is 5.75 Å². The van der Waals surface area contributed by atoms with Crippen LogP contribution < -0.4 is 0 Å². The lowest BCUT2D eigenvalue weighted by Gasteiger charge is -1.96. The minimum absolute atomic E-state index is 0.0986. The minimum Gasteiger partial charge on any atom is -0.507 e. The van der Waals surface area contributed by atoms with E-state index in [2.05, 4.69) is 31.1 Å². The molecule has 0 aliphatic heterocycles. The molecule has 0 fully saturated rings. The summed E-state index contributed by atoms with van der Waals surface area (Å²) in [7, 11) is 0. The van der Waals surface area contributed by atoms with Gasteiger partial charge in [-0.1, -0.05) is 17.3 Å². The fourth-order valence-electron chi connectivity index (χ4n) is 1.60. The molecular formula is C13H8BrN3O2. The van der Waals surface area contributed by atoms with E-state index in [1.165, 1.54) is 0 Å². The zero-order valence-corrected chi connectivity index (χ0v) is 11.2. The maximum Gasteiger partial charge on any atom is 0.262 e. The van der Waals surface area contributed by atoms with Gasteiger partial charge in [0.25, 0.3) is 5.89 Å². The van der Waals surface area contributed by atoms with Gasteiger partial charge in [-0.2, -0.15) is 4.98 Å². The van der Waals surface area contributed by atoms with Crippen LogP contribution in [-0.4, -0.2) is 20.2 Å². The molecule has 0 spiro atoms. The Morgan fingerprint density at radius 3 is 2.68 bits per heavy atom. The van der Waals surface area contributed by atoms with Gasteiger partial charge < -0.3 is 9.63 Å². The molecule has 5 nitrogen and oxygen atoms in total. The molecule has 2 heterocycles. The summed E-state index contributed by atoms with van der Waals surface area (Å²) >= 11 is 3.31. The molecule has 0 radical (unpaired) electrons.